The van der Waals surface area contributed by atoms with Crippen LogP contribution in [0.25, 0.3) is 0 Å². The molecule has 124 valence electrons. The van der Waals surface area contributed by atoms with E-state index in [0.717, 1.165) is 17.1 Å². The first-order chi connectivity index (χ1) is 11.8. The predicted molar refractivity (Wildman–Crippen MR) is 94.3 cm³/mol. The molecule has 0 aliphatic heterocycles. The third-order valence-electron chi connectivity index (χ3n) is 3.84. The molecule has 0 aliphatic carbocycles. The first kappa shape index (κ1) is 16.3. The van der Waals surface area contributed by atoms with Crippen molar-refractivity contribution < 1.29 is 13.9 Å². The van der Waals surface area contributed by atoms with Crippen LogP contribution in [0.4, 0.5) is 0 Å². The van der Waals surface area contributed by atoms with Crippen LogP contribution in [0, 0.1) is 0 Å². The lowest BCUT2D eigenvalue weighted by atomic mass is 9.94. The van der Waals surface area contributed by atoms with Crippen LogP contribution in [0.2, 0.25) is 0 Å². The fraction of sp³-hybridized carbons (Fsp3) is 0.211. The van der Waals surface area contributed by atoms with E-state index in [0.29, 0.717) is 13.0 Å². The number of carbonyl (C=O) groups excluding carboxylic acids is 1. The fourth-order valence-corrected chi connectivity index (χ4v) is 3.29. The van der Waals surface area contributed by atoms with Crippen molar-refractivity contribution in [3.8, 4) is 5.75 Å². The van der Waals surface area contributed by atoms with Gasteiger partial charge < -0.3 is 14.5 Å². The van der Waals surface area contributed by atoms with Crippen LogP contribution in [0.1, 0.15) is 22.1 Å². The molecule has 5 heteroatoms. The van der Waals surface area contributed by atoms with E-state index < -0.39 is 0 Å². The number of nitrogens with one attached hydrogen (secondary N) is 1. The molecule has 1 N–H and O–H groups in total. The highest BCUT2D eigenvalue weighted by Crippen LogP contribution is 2.25. The van der Waals surface area contributed by atoms with Crippen molar-refractivity contribution in [3.63, 3.8) is 0 Å². The molecule has 3 aromatic rings. The van der Waals surface area contributed by atoms with Crippen LogP contribution in [-0.2, 0) is 17.8 Å². The van der Waals surface area contributed by atoms with Crippen molar-refractivity contribution in [2.45, 2.75) is 18.9 Å². The quantitative estimate of drug-likeness (QED) is 0.707. The van der Waals surface area contributed by atoms with Gasteiger partial charge in [0.2, 0.25) is 5.91 Å². The Bertz CT molecular complexity index is 749. The van der Waals surface area contributed by atoms with E-state index >= 15 is 0 Å². The summed E-state index contributed by atoms with van der Waals surface area (Å²) in [7, 11) is 1.63. The molecular weight excluding hydrogens is 322 g/mol. The van der Waals surface area contributed by atoms with Gasteiger partial charge in [0.1, 0.15) is 11.5 Å². The third kappa shape index (κ3) is 4.06. The Morgan fingerprint density at radius 3 is 2.67 bits per heavy atom. The van der Waals surface area contributed by atoms with Gasteiger partial charge in [0, 0.05) is 4.88 Å². The van der Waals surface area contributed by atoms with Gasteiger partial charge in [-0.15, -0.1) is 11.3 Å². The summed E-state index contributed by atoms with van der Waals surface area (Å²) >= 11 is 1.66. The molecular formula is C19H19NO3S. The van der Waals surface area contributed by atoms with Crippen molar-refractivity contribution in [1.82, 2.24) is 5.32 Å². The summed E-state index contributed by atoms with van der Waals surface area (Å²) in [5.74, 6) is 1.27. The zero-order valence-corrected chi connectivity index (χ0v) is 14.2. The van der Waals surface area contributed by atoms with Gasteiger partial charge in [-0.05, 0) is 47.7 Å². The molecule has 2 heterocycles. The number of ether oxygens (including phenoxy) is 1. The molecule has 1 aromatic carbocycles. The largest absolute Gasteiger partial charge is 0.497 e. The van der Waals surface area contributed by atoms with Crippen molar-refractivity contribution in [2.24, 2.45) is 0 Å². The van der Waals surface area contributed by atoms with Gasteiger partial charge in [0.15, 0.2) is 0 Å². The number of hydrogen-bond acceptors (Lipinski definition) is 4. The van der Waals surface area contributed by atoms with Crippen LogP contribution >= 0.6 is 11.3 Å². The van der Waals surface area contributed by atoms with Crippen LogP contribution < -0.4 is 10.1 Å². The monoisotopic (exact) mass is 341 g/mol. The normalized spacial score (nSPS) is 11.9. The molecule has 3 rings (SSSR count). The van der Waals surface area contributed by atoms with E-state index in [1.165, 1.54) is 4.88 Å². The molecule has 0 radical (unpaired) electrons. The Kier molecular flexibility index (Phi) is 5.33. The smallest absolute Gasteiger partial charge is 0.228 e. The molecule has 24 heavy (non-hydrogen) atoms. The molecule has 4 nitrogen and oxygen atoms in total. The minimum absolute atomic E-state index is 0.00929. The lowest BCUT2D eigenvalue weighted by Crippen LogP contribution is -2.30. The summed E-state index contributed by atoms with van der Waals surface area (Å²) < 4.78 is 10.5. The lowest BCUT2D eigenvalue weighted by molar-refractivity contribution is -0.122. The fourth-order valence-electron chi connectivity index (χ4n) is 2.54. The minimum Gasteiger partial charge on any atom is -0.497 e. The predicted octanol–water partition coefficient (Wildman–Crippen LogP) is 3.99. The molecule has 0 bridgehead atoms. The molecule has 0 saturated heterocycles. The maximum absolute atomic E-state index is 12.7. The SMILES string of the molecule is COc1ccc(C(Cc2cccs2)C(=O)NCc2ccco2)cc1. The van der Waals surface area contributed by atoms with Crippen molar-refractivity contribution >= 4 is 17.2 Å². The Balaban J connectivity index is 1.76. The van der Waals surface area contributed by atoms with Gasteiger partial charge in [-0.1, -0.05) is 18.2 Å². The van der Waals surface area contributed by atoms with Gasteiger partial charge in [0.05, 0.1) is 25.8 Å². The first-order valence-corrected chi connectivity index (χ1v) is 8.60. The molecule has 0 aliphatic rings. The van der Waals surface area contributed by atoms with E-state index in [2.05, 4.69) is 11.4 Å². The Morgan fingerprint density at radius 2 is 2.04 bits per heavy atom. The highest BCUT2D eigenvalue weighted by molar-refractivity contribution is 7.09. The summed E-state index contributed by atoms with van der Waals surface area (Å²) in [4.78, 5) is 13.9. The highest BCUT2D eigenvalue weighted by atomic mass is 32.1. The highest BCUT2D eigenvalue weighted by Gasteiger charge is 2.21. The molecule has 0 fully saturated rings. The van der Waals surface area contributed by atoms with E-state index in [1.807, 2.05) is 47.8 Å². The summed E-state index contributed by atoms with van der Waals surface area (Å²) in [6.45, 7) is 0.392. The minimum atomic E-state index is -0.246. The van der Waals surface area contributed by atoms with Crippen molar-refractivity contribution in [1.29, 1.82) is 0 Å². The molecule has 2 aromatic heterocycles. The summed E-state index contributed by atoms with van der Waals surface area (Å²) in [5, 5.41) is 4.99. The van der Waals surface area contributed by atoms with Gasteiger partial charge in [-0.2, -0.15) is 0 Å². The number of benzene rings is 1. The number of thiophene rings is 1. The topological polar surface area (TPSA) is 51.5 Å². The van der Waals surface area contributed by atoms with E-state index in [1.54, 1.807) is 24.7 Å². The number of methoxy groups -OCH3 is 1. The number of furan rings is 1. The maximum atomic E-state index is 12.7. The Hall–Kier alpha value is -2.53. The number of rotatable bonds is 7. The second-order valence-electron chi connectivity index (χ2n) is 5.41. The summed E-state index contributed by atoms with van der Waals surface area (Å²) in [5.41, 5.74) is 0.973. The Morgan fingerprint density at radius 1 is 1.21 bits per heavy atom. The average Bonchev–Trinajstić information content (AvgIpc) is 3.31. The zero-order valence-electron chi connectivity index (χ0n) is 13.4. The molecule has 0 spiro atoms. The number of amides is 1. The van der Waals surface area contributed by atoms with Crippen LogP contribution in [-0.4, -0.2) is 13.0 Å². The standard InChI is InChI=1S/C19H19NO3S/c1-22-15-8-6-14(7-9-15)18(12-17-5-3-11-24-17)19(21)20-13-16-4-2-10-23-16/h2-11,18H,12-13H2,1H3,(H,20,21). The lowest BCUT2D eigenvalue weighted by Gasteiger charge is -2.17. The van der Waals surface area contributed by atoms with E-state index in [9.17, 15) is 4.79 Å². The van der Waals surface area contributed by atoms with Gasteiger partial charge in [0.25, 0.3) is 0 Å². The average molecular weight is 341 g/mol. The summed E-state index contributed by atoms with van der Waals surface area (Å²) in [6, 6.07) is 15.4. The maximum Gasteiger partial charge on any atom is 0.228 e. The van der Waals surface area contributed by atoms with Crippen LogP contribution in [0.5, 0.6) is 5.75 Å². The van der Waals surface area contributed by atoms with E-state index in [-0.39, 0.29) is 11.8 Å². The number of hydrogen-bond donors (Lipinski definition) is 1. The molecule has 0 saturated carbocycles. The molecule has 1 atom stereocenters. The molecule has 1 amide bonds. The summed E-state index contributed by atoms with van der Waals surface area (Å²) in [6.07, 6.45) is 2.28. The van der Waals surface area contributed by atoms with Crippen LogP contribution in [0.3, 0.4) is 0 Å². The third-order valence-corrected chi connectivity index (χ3v) is 4.74. The van der Waals surface area contributed by atoms with Crippen molar-refractivity contribution in [2.75, 3.05) is 7.11 Å². The van der Waals surface area contributed by atoms with Gasteiger partial charge in [-0.3, -0.25) is 4.79 Å². The molecule has 1 unspecified atom stereocenters. The second-order valence-corrected chi connectivity index (χ2v) is 6.44. The van der Waals surface area contributed by atoms with Gasteiger partial charge >= 0.3 is 0 Å². The zero-order chi connectivity index (χ0) is 16.8. The Labute approximate surface area is 145 Å². The number of carbonyl (C=O) groups is 1. The van der Waals surface area contributed by atoms with E-state index in [4.69, 9.17) is 9.15 Å². The van der Waals surface area contributed by atoms with Crippen molar-refractivity contribution in [3.05, 3.63) is 76.4 Å². The van der Waals surface area contributed by atoms with Crippen LogP contribution in [0.15, 0.2) is 64.6 Å². The first-order valence-electron chi connectivity index (χ1n) is 7.72. The second kappa shape index (κ2) is 7.84. The van der Waals surface area contributed by atoms with Gasteiger partial charge in [-0.25, -0.2) is 0 Å².